The molecule has 3 aromatic rings. The van der Waals surface area contributed by atoms with Gasteiger partial charge < -0.3 is 10.0 Å². The van der Waals surface area contributed by atoms with E-state index in [1.54, 1.807) is 10.9 Å². The first-order chi connectivity index (χ1) is 12.1. The Hall–Kier alpha value is -1.89. The number of piperidine rings is 1. The number of benzene rings is 1. The lowest BCUT2D eigenvalue weighted by Gasteiger charge is -2.36. The van der Waals surface area contributed by atoms with Crippen LogP contribution >= 0.6 is 11.6 Å². The number of aliphatic hydroxyl groups excluding tert-OH is 1. The third kappa shape index (κ3) is 2.94. The van der Waals surface area contributed by atoms with E-state index in [0.29, 0.717) is 5.92 Å². The van der Waals surface area contributed by atoms with Crippen molar-refractivity contribution in [3.05, 3.63) is 41.3 Å². The fourth-order valence-corrected chi connectivity index (χ4v) is 4.09. The molecule has 0 saturated carbocycles. The second-order valence-electron chi connectivity index (χ2n) is 6.90. The highest BCUT2D eigenvalue weighted by Gasteiger charge is 2.28. The summed E-state index contributed by atoms with van der Waals surface area (Å²) in [5, 5.41) is 20.2. The van der Waals surface area contributed by atoms with Crippen molar-refractivity contribution in [1.29, 1.82) is 0 Å². The van der Waals surface area contributed by atoms with Crippen molar-refractivity contribution in [1.82, 2.24) is 24.5 Å². The Morgan fingerprint density at radius 3 is 2.80 bits per heavy atom. The Balaban J connectivity index is 1.75. The quantitative estimate of drug-likeness (QED) is 0.780. The topological polar surface area (TPSA) is 59.1 Å². The van der Waals surface area contributed by atoms with Crippen LogP contribution in [0.25, 0.3) is 16.6 Å². The second-order valence-corrected chi connectivity index (χ2v) is 7.31. The zero-order valence-electron chi connectivity index (χ0n) is 14.4. The molecule has 1 N–H and O–H groups in total. The number of hydrogen-bond acceptors (Lipinski definition) is 4. The fourth-order valence-electron chi connectivity index (χ4n) is 3.76. The zero-order valence-corrected chi connectivity index (χ0v) is 15.2. The maximum atomic E-state index is 9.63. The van der Waals surface area contributed by atoms with Gasteiger partial charge in [-0.2, -0.15) is 10.2 Å². The van der Waals surface area contributed by atoms with Gasteiger partial charge in [0.25, 0.3) is 0 Å². The van der Waals surface area contributed by atoms with E-state index in [9.17, 15) is 5.11 Å². The SMILES string of the molecule is CN1CC[C@@H](c2cc3c(cnn3-c3cnn(C)c3)cc2Cl)C[C@H]1CO. The number of aromatic nitrogens is 4. The number of fused-ring (bicyclic) bond motifs is 1. The minimum atomic E-state index is 0.181. The highest BCUT2D eigenvalue weighted by Crippen LogP contribution is 2.37. The Kier molecular flexibility index (Phi) is 4.27. The van der Waals surface area contributed by atoms with Gasteiger partial charge >= 0.3 is 0 Å². The molecule has 0 radical (unpaired) electrons. The van der Waals surface area contributed by atoms with Crippen LogP contribution in [0.2, 0.25) is 5.02 Å². The molecular formula is C18H22ClN5O. The number of likely N-dealkylation sites (tertiary alicyclic amines) is 1. The van der Waals surface area contributed by atoms with E-state index < -0.39 is 0 Å². The molecule has 0 bridgehead atoms. The number of aryl methyl sites for hydroxylation is 1. The van der Waals surface area contributed by atoms with Crippen LogP contribution in [0.1, 0.15) is 24.3 Å². The predicted octanol–water partition coefficient (Wildman–Crippen LogP) is 2.58. The molecule has 25 heavy (non-hydrogen) atoms. The summed E-state index contributed by atoms with van der Waals surface area (Å²) in [4.78, 5) is 2.23. The standard InChI is InChI=1S/C18H22ClN5O/c1-22-4-3-12(5-14(22)11-25)16-7-18-13(6-17(16)19)8-21-24(18)15-9-20-23(2)10-15/h6-10,12,14,25H,3-5,11H2,1-2H3/t12-,14+/m1/s1. The van der Waals surface area contributed by atoms with E-state index >= 15 is 0 Å². The summed E-state index contributed by atoms with van der Waals surface area (Å²) in [6, 6.07) is 4.34. The van der Waals surface area contributed by atoms with E-state index in [-0.39, 0.29) is 12.6 Å². The minimum Gasteiger partial charge on any atom is -0.395 e. The predicted molar refractivity (Wildman–Crippen MR) is 98.3 cm³/mol. The highest BCUT2D eigenvalue weighted by molar-refractivity contribution is 6.32. The van der Waals surface area contributed by atoms with E-state index in [0.717, 1.165) is 46.6 Å². The van der Waals surface area contributed by atoms with E-state index in [1.165, 1.54) is 0 Å². The molecule has 3 heterocycles. The molecule has 6 nitrogen and oxygen atoms in total. The summed E-state index contributed by atoms with van der Waals surface area (Å²) in [5.74, 6) is 0.350. The molecule has 1 fully saturated rings. The average molecular weight is 360 g/mol. The summed E-state index contributed by atoms with van der Waals surface area (Å²) >= 11 is 6.59. The van der Waals surface area contributed by atoms with Crippen LogP contribution in [-0.4, -0.2) is 55.8 Å². The molecule has 132 valence electrons. The lowest BCUT2D eigenvalue weighted by atomic mass is 9.85. The number of halogens is 1. The normalized spacial score (nSPS) is 21.9. The van der Waals surface area contributed by atoms with Crippen LogP contribution in [0.5, 0.6) is 0 Å². The van der Waals surface area contributed by atoms with Crippen LogP contribution < -0.4 is 0 Å². The molecule has 0 unspecified atom stereocenters. The van der Waals surface area contributed by atoms with E-state index in [4.69, 9.17) is 11.6 Å². The minimum absolute atomic E-state index is 0.181. The Morgan fingerprint density at radius 1 is 1.24 bits per heavy atom. The van der Waals surface area contributed by atoms with Crippen molar-refractivity contribution in [2.75, 3.05) is 20.2 Å². The molecule has 0 aliphatic carbocycles. The third-order valence-corrected chi connectivity index (χ3v) is 5.61. The zero-order chi connectivity index (χ0) is 17.6. The van der Waals surface area contributed by atoms with Gasteiger partial charge in [0.2, 0.25) is 0 Å². The third-order valence-electron chi connectivity index (χ3n) is 5.28. The molecule has 1 aromatic carbocycles. The van der Waals surface area contributed by atoms with Gasteiger partial charge in [-0.1, -0.05) is 11.6 Å². The smallest absolute Gasteiger partial charge is 0.103 e. The molecule has 1 saturated heterocycles. The second kappa shape index (κ2) is 6.44. The number of nitrogens with zero attached hydrogens (tertiary/aromatic N) is 5. The van der Waals surface area contributed by atoms with Crippen LogP contribution in [0.4, 0.5) is 0 Å². The first kappa shape index (κ1) is 16.6. The molecule has 2 atom stereocenters. The Bertz CT molecular complexity index is 902. The lowest BCUT2D eigenvalue weighted by Crippen LogP contribution is -2.41. The van der Waals surface area contributed by atoms with Gasteiger partial charge in [-0.05, 0) is 50.0 Å². The number of aliphatic hydroxyl groups is 1. The van der Waals surface area contributed by atoms with Crippen molar-refractivity contribution >= 4 is 22.5 Å². The summed E-state index contributed by atoms with van der Waals surface area (Å²) in [6.45, 7) is 1.15. The first-order valence-electron chi connectivity index (χ1n) is 8.54. The van der Waals surface area contributed by atoms with Crippen molar-refractivity contribution in [2.24, 2.45) is 7.05 Å². The lowest BCUT2D eigenvalue weighted by molar-refractivity contribution is 0.104. The van der Waals surface area contributed by atoms with Gasteiger partial charge in [-0.25, -0.2) is 4.68 Å². The van der Waals surface area contributed by atoms with Gasteiger partial charge in [0.05, 0.1) is 30.7 Å². The van der Waals surface area contributed by atoms with Crippen molar-refractivity contribution < 1.29 is 5.11 Å². The summed E-state index contributed by atoms with van der Waals surface area (Å²) in [7, 11) is 3.96. The maximum Gasteiger partial charge on any atom is 0.103 e. The van der Waals surface area contributed by atoms with Gasteiger partial charge in [0, 0.05) is 23.5 Å². The average Bonchev–Trinajstić information content (AvgIpc) is 3.20. The molecule has 7 heteroatoms. The molecule has 0 spiro atoms. The van der Waals surface area contributed by atoms with E-state index in [1.807, 2.05) is 30.2 Å². The Morgan fingerprint density at radius 2 is 2.08 bits per heavy atom. The molecule has 2 aromatic heterocycles. The van der Waals surface area contributed by atoms with Gasteiger partial charge in [-0.15, -0.1) is 0 Å². The van der Waals surface area contributed by atoms with Crippen molar-refractivity contribution in [2.45, 2.75) is 24.8 Å². The molecule has 1 aliphatic heterocycles. The molecule has 0 amide bonds. The van der Waals surface area contributed by atoms with Crippen LogP contribution in [0.3, 0.4) is 0 Å². The first-order valence-corrected chi connectivity index (χ1v) is 8.92. The number of hydrogen-bond donors (Lipinski definition) is 1. The Labute approximate surface area is 151 Å². The van der Waals surface area contributed by atoms with Crippen molar-refractivity contribution in [3.8, 4) is 5.69 Å². The van der Waals surface area contributed by atoms with Gasteiger partial charge in [0.15, 0.2) is 0 Å². The van der Waals surface area contributed by atoms with Crippen molar-refractivity contribution in [3.63, 3.8) is 0 Å². The largest absolute Gasteiger partial charge is 0.395 e. The molecule has 4 rings (SSSR count). The number of rotatable bonds is 3. The molecule has 1 aliphatic rings. The van der Waals surface area contributed by atoms with Crippen LogP contribution in [0.15, 0.2) is 30.7 Å². The van der Waals surface area contributed by atoms with Crippen LogP contribution in [0, 0.1) is 0 Å². The maximum absolute atomic E-state index is 9.63. The van der Waals surface area contributed by atoms with Crippen LogP contribution in [-0.2, 0) is 7.05 Å². The monoisotopic (exact) mass is 359 g/mol. The van der Waals surface area contributed by atoms with Gasteiger partial charge in [0.1, 0.15) is 5.69 Å². The summed E-state index contributed by atoms with van der Waals surface area (Å²) in [5.41, 5.74) is 3.11. The molecular weight excluding hydrogens is 338 g/mol. The summed E-state index contributed by atoms with van der Waals surface area (Å²) < 4.78 is 3.67. The fraction of sp³-hybridized carbons (Fsp3) is 0.444. The van der Waals surface area contributed by atoms with Gasteiger partial charge in [-0.3, -0.25) is 4.68 Å². The summed E-state index contributed by atoms with van der Waals surface area (Å²) in [6.07, 6.45) is 7.54. The highest BCUT2D eigenvalue weighted by atomic mass is 35.5. The van der Waals surface area contributed by atoms with E-state index in [2.05, 4.69) is 28.2 Å². The number of likely N-dealkylation sites (N-methyl/N-ethyl adjacent to an activating group) is 1.